The SMILES string of the molecule is NC1(c2csc3c2CCCC3)CC(O)C1. The summed E-state index contributed by atoms with van der Waals surface area (Å²) in [6.07, 6.45) is 6.38. The van der Waals surface area contributed by atoms with E-state index in [0.29, 0.717) is 0 Å². The number of fused-ring (bicyclic) bond motifs is 1. The molecule has 1 saturated carbocycles. The summed E-state index contributed by atoms with van der Waals surface area (Å²) in [7, 11) is 0. The summed E-state index contributed by atoms with van der Waals surface area (Å²) in [6.45, 7) is 0. The molecule has 0 bridgehead atoms. The molecule has 3 heteroatoms. The molecule has 3 rings (SSSR count). The second-order valence-electron chi connectivity index (χ2n) is 4.98. The molecule has 0 radical (unpaired) electrons. The summed E-state index contributed by atoms with van der Waals surface area (Å²) in [5, 5.41) is 11.6. The summed E-state index contributed by atoms with van der Waals surface area (Å²) in [5.74, 6) is 0. The van der Waals surface area contributed by atoms with Crippen LogP contribution in [0.2, 0.25) is 0 Å². The Hall–Kier alpha value is -0.380. The van der Waals surface area contributed by atoms with Crippen molar-refractivity contribution in [1.82, 2.24) is 0 Å². The van der Waals surface area contributed by atoms with E-state index >= 15 is 0 Å². The zero-order chi connectivity index (χ0) is 10.5. The van der Waals surface area contributed by atoms with Crippen LogP contribution in [0.25, 0.3) is 0 Å². The Balaban J connectivity index is 1.95. The van der Waals surface area contributed by atoms with E-state index in [0.717, 1.165) is 12.8 Å². The lowest BCUT2D eigenvalue weighted by molar-refractivity contribution is 0.0207. The van der Waals surface area contributed by atoms with Crippen molar-refractivity contribution in [1.29, 1.82) is 0 Å². The highest BCUT2D eigenvalue weighted by molar-refractivity contribution is 7.10. The van der Waals surface area contributed by atoms with E-state index in [9.17, 15) is 5.11 Å². The number of hydrogen-bond donors (Lipinski definition) is 2. The van der Waals surface area contributed by atoms with Crippen molar-refractivity contribution in [2.75, 3.05) is 0 Å². The van der Waals surface area contributed by atoms with Gasteiger partial charge in [0.15, 0.2) is 0 Å². The molecule has 0 atom stereocenters. The van der Waals surface area contributed by atoms with Gasteiger partial charge in [-0.3, -0.25) is 0 Å². The van der Waals surface area contributed by atoms with Crippen LogP contribution in [0.5, 0.6) is 0 Å². The molecule has 0 aromatic carbocycles. The third kappa shape index (κ3) is 1.45. The molecule has 0 unspecified atom stereocenters. The second-order valence-corrected chi connectivity index (χ2v) is 5.94. The molecule has 82 valence electrons. The standard InChI is InChI=1S/C12H17NOS/c13-12(5-8(14)6-12)10-7-15-11-4-2-1-3-9(10)11/h7-8,14H,1-6,13H2. The van der Waals surface area contributed by atoms with Gasteiger partial charge >= 0.3 is 0 Å². The Morgan fingerprint density at radius 3 is 2.80 bits per heavy atom. The molecule has 1 aromatic rings. The minimum absolute atomic E-state index is 0.172. The first kappa shape index (κ1) is 9.82. The lowest BCUT2D eigenvalue weighted by Gasteiger charge is -2.43. The van der Waals surface area contributed by atoms with Crippen LogP contribution < -0.4 is 5.73 Å². The molecule has 2 aliphatic rings. The number of thiophene rings is 1. The molecule has 0 saturated heterocycles. The highest BCUT2D eigenvalue weighted by Gasteiger charge is 2.43. The molecule has 15 heavy (non-hydrogen) atoms. The van der Waals surface area contributed by atoms with Gasteiger partial charge in [-0.2, -0.15) is 0 Å². The quantitative estimate of drug-likeness (QED) is 0.764. The maximum atomic E-state index is 9.41. The maximum absolute atomic E-state index is 9.41. The van der Waals surface area contributed by atoms with Gasteiger partial charge in [-0.25, -0.2) is 0 Å². The Bertz CT molecular complexity index is 379. The Kier molecular flexibility index (Phi) is 2.16. The van der Waals surface area contributed by atoms with Gasteiger partial charge in [0, 0.05) is 10.4 Å². The average molecular weight is 223 g/mol. The zero-order valence-electron chi connectivity index (χ0n) is 8.83. The monoisotopic (exact) mass is 223 g/mol. The van der Waals surface area contributed by atoms with Crippen LogP contribution in [0.4, 0.5) is 0 Å². The molecule has 3 N–H and O–H groups in total. The number of aliphatic hydroxyl groups is 1. The largest absolute Gasteiger partial charge is 0.393 e. The number of rotatable bonds is 1. The summed E-state index contributed by atoms with van der Waals surface area (Å²) in [6, 6.07) is 0. The van der Waals surface area contributed by atoms with Gasteiger partial charge in [0.1, 0.15) is 0 Å². The summed E-state index contributed by atoms with van der Waals surface area (Å²) < 4.78 is 0. The smallest absolute Gasteiger partial charge is 0.0582 e. The predicted molar refractivity (Wildman–Crippen MR) is 62.1 cm³/mol. The summed E-state index contributed by atoms with van der Waals surface area (Å²) in [4.78, 5) is 1.54. The third-order valence-electron chi connectivity index (χ3n) is 3.80. The molecular weight excluding hydrogens is 206 g/mol. The first-order valence-electron chi connectivity index (χ1n) is 5.76. The zero-order valence-corrected chi connectivity index (χ0v) is 9.65. The Labute approximate surface area is 94.1 Å². The van der Waals surface area contributed by atoms with E-state index in [1.165, 1.54) is 36.8 Å². The topological polar surface area (TPSA) is 46.2 Å². The van der Waals surface area contributed by atoms with E-state index < -0.39 is 0 Å². The first-order valence-corrected chi connectivity index (χ1v) is 6.64. The number of hydrogen-bond acceptors (Lipinski definition) is 3. The van der Waals surface area contributed by atoms with Crippen LogP contribution >= 0.6 is 11.3 Å². The van der Waals surface area contributed by atoms with Crippen molar-refractivity contribution in [3.8, 4) is 0 Å². The van der Waals surface area contributed by atoms with Crippen LogP contribution in [-0.2, 0) is 18.4 Å². The van der Waals surface area contributed by atoms with Gasteiger partial charge in [0.2, 0.25) is 0 Å². The normalized spacial score (nSPS) is 34.7. The highest BCUT2D eigenvalue weighted by atomic mass is 32.1. The number of nitrogens with two attached hydrogens (primary N) is 1. The highest BCUT2D eigenvalue weighted by Crippen LogP contribution is 2.44. The first-order chi connectivity index (χ1) is 7.19. The van der Waals surface area contributed by atoms with Gasteiger partial charge in [-0.05, 0) is 55.0 Å². The Morgan fingerprint density at radius 1 is 1.33 bits per heavy atom. The van der Waals surface area contributed by atoms with Crippen LogP contribution in [0, 0.1) is 0 Å². The lowest BCUT2D eigenvalue weighted by atomic mass is 9.69. The fourth-order valence-corrected chi connectivity index (χ4v) is 4.17. The molecule has 1 fully saturated rings. The Morgan fingerprint density at radius 2 is 2.07 bits per heavy atom. The van der Waals surface area contributed by atoms with Crippen LogP contribution in [0.15, 0.2) is 5.38 Å². The van der Waals surface area contributed by atoms with Gasteiger partial charge < -0.3 is 10.8 Å². The van der Waals surface area contributed by atoms with Gasteiger partial charge in [-0.1, -0.05) is 0 Å². The van der Waals surface area contributed by atoms with Gasteiger partial charge in [0.25, 0.3) is 0 Å². The fraction of sp³-hybridized carbons (Fsp3) is 0.667. The second kappa shape index (κ2) is 3.30. The van der Waals surface area contributed by atoms with Crippen molar-refractivity contribution in [2.45, 2.75) is 50.2 Å². The minimum atomic E-state index is -0.208. The van der Waals surface area contributed by atoms with E-state index in [1.807, 2.05) is 11.3 Å². The van der Waals surface area contributed by atoms with Crippen molar-refractivity contribution in [2.24, 2.45) is 5.73 Å². The molecule has 2 aliphatic carbocycles. The van der Waals surface area contributed by atoms with Crippen LogP contribution in [-0.4, -0.2) is 11.2 Å². The number of aliphatic hydroxyl groups excluding tert-OH is 1. The van der Waals surface area contributed by atoms with Crippen molar-refractivity contribution < 1.29 is 5.11 Å². The lowest BCUT2D eigenvalue weighted by Crippen LogP contribution is -2.52. The molecule has 0 spiro atoms. The van der Waals surface area contributed by atoms with E-state index in [4.69, 9.17) is 5.73 Å². The predicted octanol–water partition coefficient (Wildman–Crippen LogP) is 1.94. The molecular formula is C12H17NOS. The molecule has 0 aliphatic heterocycles. The molecule has 0 amide bonds. The van der Waals surface area contributed by atoms with E-state index in [-0.39, 0.29) is 11.6 Å². The van der Waals surface area contributed by atoms with Crippen molar-refractivity contribution >= 4 is 11.3 Å². The number of aryl methyl sites for hydroxylation is 1. The van der Waals surface area contributed by atoms with Crippen LogP contribution in [0.3, 0.4) is 0 Å². The summed E-state index contributed by atoms with van der Waals surface area (Å²) in [5.41, 5.74) is 8.98. The van der Waals surface area contributed by atoms with Crippen LogP contribution in [0.1, 0.15) is 41.7 Å². The maximum Gasteiger partial charge on any atom is 0.0582 e. The third-order valence-corrected chi connectivity index (χ3v) is 4.89. The van der Waals surface area contributed by atoms with Crippen molar-refractivity contribution in [3.05, 3.63) is 21.4 Å². The molecule has 2 nitrogen and oxygen atoms in total. The molecule has 1 heterocycles. The summed E-state index contributed by atoms with van der Waals surface area (Å²) >= 11 is 1.87. The average Bonchev–Trinajstić information content (AvgIpc) is 2.59. The minimum Gasteiger partial charge on any atom is -0.393 e. The van der Waals surface area contributed by atoms with Gasteiger partial charge in [-0.15, -0.1) is 11.3 Å². The molecule has 1 aromatic heterocycles. The van der Waals surface area contributed by atoms with E-state index in [1.54, 1.807) is 4.88 Å². The van der Waals surface area contributed by atoms with Crippen molar-refractivity contribution in [3.63, 3.8) is 0 Å². The van der Waals surface area contributed by atoms with E-state index in [2.05, 4.69) is 5.38 Å². The van der Waals surface area contributed by atoms with Gasteiger partial charge in [0.05, 0.1) is 6.10 Å². The fourth-order valence-electron chi connectivity index (χ4n) is 2.91.